The Kier molecular flexibility index (Phi) is 6.96. The van der Waals surface area contributed by atoms with Crippen LogP contribution in [0.15, 0.2) is 140 Å². The van der Waals surface area contributed by atoms with Crippen LogP contribution in [0, 0.1) is 34.0 Å². The molecule has 0 saturated carbocycles. The van der Waals surface area contributed by atoms with Gasteiger partial charge >= 0.3 is 0 Å². The van der Waals surface area contributed by atoms with E-state index in [1.165, 1.54) is 0 Å². The molecule has 0 aliphatic heterocycles. The summed E-state index contributed by atoms with van der Waals surface area (Å²) in [6.07, 6.45) is 9.43. The molecule has 0 amide bonds. The standard InChI is InChI=1S/C46H27N5/c47-27-30-22-23-46-40(24-30)38-14-2-1-3-18-45(38)51(46)44-21-11-6-15-35(44)33-12-4-5-13-34(33)39-26-32(25-31(28-48)41(39)29-49)50-42-19-9-7-16-36(42)37-17-8-10-20-43(37)50/h2-26H,1H2. The molecule has 1 aliphatic carbocycles. The summed E-state index contributed by atoms with van der Waals surface area (Å²) in [4.78, 5) is 0. The Labute approximate surface area is 294 Å². The van der Waals surface area contributed by atoms with Gasteiger partial charge in [0.05, 0.1) is 50.7 Å². The highest BCUT2D eigenvalue weighted by Gasteiger charge is 2.23. The van der Waals surface area contributed by atoms with Crippen LogP contribution < -0.4 is 0 Å². The predicted octanol–water partition coefficient (Wildman–Crippen LogP) is 11.1. The average Bonchev–Trinajstić information content (AvgIpc) is 3.56. The number of nitrogens with zero attached hydrogens (tertiary/aromatic N) is 5. The van der Waals surface area contributed by atoms with Crippen LogP contribution in [0.1, 0.15) is 34.4 Å². The summed E-state index contributed by atoms with van der Waals surface area (Å²) >= 11 is 0. The largest absolute Gasteiger partial charge is 0.309 e. The van der Waals surface area contributed by atoms with E-state index in [1.807, 2.05) is 84.9 Å². The van der Waals surface area contributed by atoms with E-state index in [9.17, 15) is 15.8 Å². The quantitative estimate of drug-likeness (QED) is 0.190. The summed E-state index contributed by atoms with van der Waals surface area (Å²) in [5.41, 5.74) is 11.7. The van der Waals surface area contributed by atoms with E-state index in [2.05, 4.69) is 94.1 Å². The second-order valence-electron chi connectivity index (χ2n) is 12.6. The highest BCUT2D eigenvalue weighted by molar-refractivity contribution is 6.09. The number of para-hydroxylation sites is 3. The maximum Gasteiger partial charge on any atom is 0.101 e. The third kappa shape index (κ3) is 4.60. The molecule has 0 spiro atoms. The Bertz CT molecular complexity index is 2870. The molecule has 51 heavy (non-hydrogen) atoms. The van der Waals surface area contributed by atoms with Gasteiger partial charge in [-0.05, 0) is 72.2 Å². The maximum atomic E-state index is 10.6. The molecule has 0 atom stereocenters. The van der Waals surface area contributed by atoms with Crippen molar-refractivity contribution in [1.29, 1.82) is 15.8 Å². The molecular formula is C46H27N5. The van der Waals surface area contributed by atoms with Crippen LogP contribution >= 0.6 is 0 Å². The van der Waals surface area contributed by atoms with Crippen LogP contribution in [0.5, 0.6) is 0 Å². The third-order valence-electron chi connectivity index (χ3n) is 9.85. The van der Waals surface area contributed by atoms with Gasteiger partial charge in [0.15, 0.2) is 0 Å². The maximum absolute atomic E-state index is 10.6. The Balaban J connectivity index is 1.32. The second-order valence-corrected chi connectivity index (χ2v) is 12.6. The SMILES string of the molecule is N#Cc1ccc2c(c1)c1c(n2-c2ccccc2-c2ccccc2-c2cc(-n3c4ccccc4c4ccccc43)cc(C#N)c2C#N)C=CCC=C1. The van der Waals surface area contributed by atoms with Crippen LogP contribution in [0.4, 0.5) is 0 Å². The summed E-state index contributed by atoms with van der Waals surface area (Å²) in [7, 11) is 0. The molecule has 8 aromatic rings. The van der Waals surface area contributed by atoms with Crippen molar-refractivity contribution >= 4 is 44.9 Å². The van der Waals surface area contributed by atoms with Gasteiger partial charge in [-0.15, -0.1) is 0 Å². The summed E-state index contributed by atoms with van der Waals surface area (Å²) in [5, 5.41) is 34.0. The van der Waals surface area contributed by atoms with Gasteiger partial charge in [0.25, 0.3) is 0 Å². The van der Waals surface area contributed by atoms with E-state index in [-0.39, 0.29) is 0 Å². The van der Waals surface area contributed by atoms with Crippen LogP contribution in [0.25, 0.3) is 78.5 Å². The first-order valence-electron chi connectivity index (χ1n) is 16.8. The van der Waals surface area contributed by atoms with Crippen molar-refractivity contribution in [1.82, 2.24) is 9.13 Å². The fourth-order valence-corrected chi connectivity index (χ4v) is 7.67. The van der Waals surface area contributed by atoms with E-state index < -0.39 is 0 Å². The fourth-order valence-electron chi connectivity index (χ4n) is 7.67. The van der Waals surface area contributed by atoms with Crippen LogP contribution in [0.2, 0.25) is 0 Å². The van der Waals surface area contributed by atoms with Gasteiger partial charge in [-0.2, -0.15) is 15.8 Å². The lowest BCUT2D eigenvalue weighted by Gasteiger charge is -2.19. The van der Waals surface area contributed by atoms with E-state index in [0.717, 1.165) is 78.5 Å². The van der Waals surface area contributed by atoms with Crippen LogP contribution in [-0.2, 0) is 0 Å². The van der Waals surface area contributed by atoms with Crippen LogP contribution in [-0.4, -0.2) is 9.13 Å². The minimum Gasteiger partial charge on any atom is -0.309 e. The molecule has 2 aromatic heterocycles. The fraction of sp³-hybridized carbons (Fsp3) is 0.0217. The number of benzene rings is 6. The summed E-state index contributed by atoms with van der Waals surface area (Å²) in [5.74, 6) is 0. The average molecular weight is 650 g/mol. The van der Waals surface area contributed by atoms with E-state index >= 15 is 0 Å². The van der Waals surface area contributed by atoms with Gasteiger partial charge in [-0.1, -0.05) is 97.1 Å². The van der Waals surface area contributed by atoms with E-state index in [0.29, 0.717) is 22.3 Å². The van der Waals surface area contributed by atoms with Crippen molar-refractivity contribution in [2.75, 3.05) is 0 Å². The van der Waals surface area contributed by atoms with Gasteiger partial charge in [-0.25, -0.2) is 0 Å². The van der Waals surface area contributed by atoms with Crippen molar-refractivity contribution in [2.45, 2.75) is 6.42 Å². The van der Waals surface area contributed by atoms with Crippen molar-refractivity contribution in [2.24, 2.45) is 0 Å². The molecule has 0 saturated heterocycles. The summed E-state index contributed by atoms with van der Waals surface area (Å²) < 4.78 is 4.45. The molecule has 6 aromatic carbocycles. The third-order valence-corrected chi connectivity index (χ3v) is 9.85. The molecular weight excluding hydrogens is 623 g/mol. The molecule has 236 valence electrons. The zero-order valence-electron chi connectivity index (χ0n) is 27.4. The Hall–Kier alpha value is -7.39. The number of hydrogen-bond acceptors (Lipinski definition) is 3. The van der Waals surface area contributed by atoms with Crippen molar-refractivity contribution < 1.29 is 0 Å². The number of nitriles is 3. The molecule has 5 nitrogen and oxygen atoms in total. The topological polar surface area (TPSA) is 81.2 Å². The smallest absolute Gasteiger partial charge is 0.101 e. The molecule has 5 heteroatoms. The lowest BCUT2D eigenvalue weighted by atomic mass is 9.89. The number of allylic oxidation sites excluding steroid dienone is 2. The van der Waals surface area contributed by atoms with E-state index in [1.54, 1.807) is 0 Å². The molecule has 1 aliphatic rings. The first-order valence-corrected chi connectivity index (χ1v) is 16.8. The van der Waals surface area contributed by atoms with Crippen molar-refractivity contribution in [3.8, 4) is 51.8 Å². The number of rotatable bonds is 4. The first kappa shape index (κ1) is 29.7. The van der Waals surface area contributed by atoms with Crippen molar-refractivity contribution in [3.05, 3.63) is 167 Å². The Morgan fingerprint density at radius 1 is 0.490 bits per heavy atom. The Morgan fingerprint density at radius 2 is 1.12 bits per heavy atom. The molecule has 0 radical (unpaired) electrons. The zero-order chi connectivity index (χ0) is 34.5. The monoisotopic (exact) mass is 649 g/mol. The molecule has 2 heterocycles. The van der Waals surface area contributed by atoms with Gasteiger partial charge < -0.3 is 9.13 Å². The lowest BCUT2D eigenvalue weighted by Crippen LogP contribution is -2.02. The minimum absolute atomic E-state index is 0.321. The predicted molar refractivity (Wildman–Crippen MR) is 205 cm³/mol. The summed E-state index contributed by atoms with van der Waals surface area (Å²) in [6, 6.07) is 49.7. The normalized spacial score (nSPS) is 12.0. The molecule has 0 N–H and O–H groups in total. The van der Waals surface area contributed by atoms with Gasteiger partial charge in [0, 0.05) is 38.5 Å². The van der Waals surface area contributed by atoms with E-state index in [4.69, 9.17) is 0 Å². The Morgan fingerprint density at radius 3 is 1.82 bits per heavy atom. The van der Waals surface area contributed by atoms with Crippen molar-refractivity contribution in [3.63, 3.8) is 0 Å². The molecule has 0 unspecified atom stereocenters. The number of hydrogen-bond donors (Lipinski definition) is 0. The number of aromatic nitrogens is 2. The molecule has 0 bridgehead atoms. The molecule has 0 fully saturated rings. The van der Waals surface area contributed by atoms with Gasteiger partial charge in [-0.3, -0.25) is 0 Å². The minimum atomic E-state index is 0.321. The highest BCUT2D eigenvalue weighted by Crippen LogP contribution is 2.42. The molecule has 9 rings (SSSR count). The summed E-state index contributed by atoms with van der Waals surface area (Å²) in [6.45, 7) is 0. The van der Waals surface area contributed by atoms with Gasteiger partial charge in [0.2, 0.25) is 0 Å². The highest BCUT2D eigenvalue weighted by atomic mass is 15.0. The number of fused-ring (bicyclic) bond motifs is 6. The zero-order valence-corrected chi connectivity index (χ0v) is 27.4. The lowest BCUT2D eigenvalue weighted by molar-refractivity contribution is 1.11. The second kappa shape index (κ2) is 11.9. The first-order chi connectivity index (χ1) is 25.2. The van der Waals surface area contributed by atoms with Crippen LogP contribution in [0.3, 0.4) is 0 Å². The van der Waals surface area contributed by atoms with Gasteiger partial charge in [0.1, 0.15) is 12.1 Å².